The molecule has 4 heteroatoms. The molecule has 114 valence electrons. The maximum absolute atomic E-state index is 9.59. The highest BCUT2D eigenvalue weighted by molar-refractivity contribution is 5.14. The Bertz CT molecular complexity index is 330. The number of hydrogen-bond donors (Lipinski definition) is 1. The lowest BCUT2D eigenvalue weighted by molar-refractivity contribution is 0.127. The van der Waals surface area contributed by atoms with Gasteiger partial charge in [-0.3, -0.25) is 5.32 Å². The summed E-state index contributed by atoms with van der Waals surface area (Å²) in [5.41, 5.74) is -0.236. The first-order valence-electron chi connectivity index (χ1n) is 8.35. The van der Waals surface area contributed by atoms with Crippen molar-refractivity contribution in [1.29, 1.82) is 5.26 Å². The molecule has 1 heterocycles. The average molecular weight is 278 g/mol. The minimum atomic E-state index is -0.236. The van der Waals surface area contributed by atoms with Crippen molar-refractivity contribution in [2.75, 3.05) is 45.8 Å². The predicted octanol–water partition coefficient (Wildman–Crippen LogP) is 1.69. The molecule has 1 aliphatic heterocycles. The molecule has 1 aliphatic carbocycles. The van der Waals surface area contributed by atoms with Crippen LogP contribution >= 0.6 is 0 Å². The Morgan fingerprint density at radius 3 is 2.50 bits per heavy atom. The van der Waals surface area contributed by atoms with Crippen molar-refractivity contribution in [3.05, 3.63) is 0 Å². The molecule has 20 heavy (non-hydrogen) atoms. The van der Waals surface area contributed by atoms with E-state index in [-0.39, 0.29) is 5.54 Å². The van der Waals surface area contributed by atoms with E-state index in [0.717, 1.165) is 19.5 Å². The van der Waals surface area contributed by atoms with Crippen LogP contribution in [0.25, 0.3) is 0 Å². The van der Waals surface area contributed by atoms with Crippen molar-refractivity contribution in [3.63, 3.8) is 0 Å². The van der Waals surface area contributed by atoms with E-state index in [1.54, 1.807) is 0 Å². The monoisotopic (exact) mass is 278 g/mol. The Morgan fingerprint density at radius 1 is 1.20 bits per heavy atom. The second-order valence-electron chi connectivity index (χ2n) is 6.27. The summed E-state index contributed by atoms with van der Waals surface area (Å²) >= 11 is 0. The van der Waals surface area contributed by atoms with Crippen LogP contribution < -0.4 is 5.32 Å². The number of nitriles is 1. The van der Waals surface area contributed by atoms with Gasteiger partial charge in [-0.25, -0.2) is 0 Å². The van der Waals surface area contributed by atoms with E-state index in [2.05, 4.69) is 35.0 Å². The molecule has 0 spiro atoms. The molecule has 0 amide bonds. The fraction of sp³-hybridized carbons (Fsp3) is 0.938. The van der Waals surface area contributed by atoms with E-state index in [1.165, 1.54) is 52.0 Å². The van der Waals surface area contributed by atoms with Crippen LogP contribution in [0.4, 0.5) is 0 Å². The van der Waals surface area contributed by atoms with Crippen LogP contribution in [0.15, 0.2) is 0 Å². The molecule has 2 fully saturated rings. The first kappa shape index (κ1) is 15.8. The second-order valence-corrected chi connectivity index (χ2v) is 6.27. The Hall–Kier alpha value is -0.630. The zero-order valence-electron chi connectivity index (χ0n) is 13.2. The van der Waals surface area contributed by atoms with Gasteiger partial charge in [-0.05, 0) is 44.8 Å². The summed E-state index contributed by atoms with van der Waals surface area (Å²) in [5, 5.41) is 13.1. The van der Waals surface area contributed by atoms with Crippen molar-refractivity contribution in [3.8, 4) is 6.07 Å². The molecule has 0 aromatic carbocycles. The van der Waals surface area contributed by atoms with Gasteiger partial charge >= 0.3 is 0 Å². The third-order valence-electron chi connectivity index (χ3n) is 5.22. The number of likely N-dealkylation sites (N-methyl/N-ethyl adjacent to an activating group) is 1. The number of piperazine rings is 1. The van der Waals surface area contributed by atoms with Gasteiger partial charge in [-0.1, -0.05) is 20.3 Å². The normalized spacial score (nSPS) is 32.4. The lowest BCUT2D eigenvalue weighted by Gasteiger charge is -2.36. The molecule has 1 N–H and O–H groups in total. The predicted molar refractivity (Wildman–Crippen MR) is 82.5 cm³/mol. The fourth-order valence-corrected chi connectivity index (χ4v) is 3.87. The topological polar surface area (TPSA) is 42.3 Å². The zero-order chi connectivity index (χ0) is 14.4. The quantitative estimate of drug-likeness (QED) is 0.803. The molecular weight excluding hydrogens is 248 g/mol. The lowest BCUT2D eigenvalue weighted by Crippen LogP contribution is -2.49. The van der Waals surface area contributed by atoms with Gasteiger partial charge in [0.05, 0.1) is 6.07 Å². The van der Waals surface area contributed by atoms with Crippen LogP contribution in [-0.2, 0) is 0 Å². The summed E-state index contributed by atoms with van der Waals surface area (Å²) in [6.45, 7) is 12.4. The molecule has 0 radical (unpaired) electrons. The van der Waals surface area contributed by atoms with Crippen molar-refractivity contribution in [1.82, 2.24) is 15.1 Å². The molecule has 1 saturated carbocycles. The standard InChI is InChI=1S/C16H30N4/c1-3-18-16(14-17)8-5-6-15(16)7-9-20-12-10-19(4-2)11-13-20/h15,18H,3-13H2,1-2H3. The van der Waals surface area contributed by atoms with Gasteiger partial charge in [-0.15, -0.1) is 0 Å². The Kier molecular flexibility index (Phi) is 5.83. The molecule has 0 aromatic rings. The van der Waals surface area contributed by atoms with Crippen molar-refractivity contribution < 1.29 is 0 Å². The molecular formula is C16H30N4. The number of nitrogens with zero attached hydrogens (tertiary/aromatic N) is 3. The maximum Gasteiger partial charge on any atom is 0.109 e. The van der Waals surface area contributed by atoms with E-state index in [9.17, 15) is 5.26 Å². The van der Waals surface area contributed by atoms with Crippen LogP contribution in [0.5, 0.6) is 0 Å². The van der Waals surface area contributed by atoms with E-state index < -0.39 is 0 Å². The number of hydrogen-bond acceptors (Lipinski definition) is 4. The molecule has 2 unspecified atom stereocenters. The molecule has 0 bridgehead atoms. The van der Waals surface area contributed by atoms with Crippen LogP contribution in [0.2, 0.25) is 0 Å². The fourth-order valence-electron chi connectivity index (χ4n) is 3.87. The highest BCUT2D eigenvalue weighted by Gasteiger charge is 2.42. The van der Waals surface area contributed by atoms with Gasteiger partial charge in [0, 0.05) is 26.2 Å². The summed E-state index contributed by atoms with van der Waals surface area (Å²) in [6, 6.07) is 2.59. The van der Waals surface area contributed by atoms with Crippen molar-refractivity contribution >= 4 is 0 Å². The summed E-state index contributed by atoms with van der Waals surface area (Å²) in [5.74, 6) is 0.539. The Morgan fingerprint density at radius 2 is 1.90 bits per heavy atom. The first-order valence-corrected chi connectivity index (χ1v) is 8.35. The van der Waals surface area contributed by atoms with Crippen LogP contribution in [0, 0.1) is 17.2 Å². The molecule has 0 aromatic heterocycles. The van der Waals surface area contributed by atoms with Gasteiger partial charge in [0.15, 0.2) is 0 Å². The SMILES string of the molecule is CCNC1(C#N)CCCC1CCN1CCN(CC)CC1. The van der Waals surface area contributed by atoms with E-state index in [4.69, 9.17) is 0 Å². The molecule has 4 nitrogen and oxygen atoms in total. The summed E-state index contributed by atoms with van der Waals surface area (Å²) in [4.78, 5) is 5.10. The smallest absolute Gasteiger partial charge is 0.109 e. The maximum atomic E-state index is 9.59. The summed E-state index contributed by atoms with van der Waals surface area (Å²) in [7, 11) is 0. The largest absolute Gasteiger partial charge is 0.301 e. The van der Waals surface area contributed by atoms with E-state index >= 15 is 0 Å². The molecule has 2 rings (SSSR count). The van der Waals surface area contributed by atoms with Crippen molar-refractivity contribution in [2.45, 2.75) is 45.1 Å². The Balaban J connectivity index is 1.80. The zero-order valence-corrected chi connectivity index (χ0v) is 13.2. The number of rotatable bonds is 6. The van der Waals surface area contributed by atoms with Crippen LogP contribution in [-0.4, -0.2) is 61.2 Å². The minimum Gasteiger partial charge on any atom is -0.301 e. The summed E-state index contributed by atoms with van der Waals surface area (Å²) in [6.07, 6.45) is 4.63. The average Bonchev–Trinajstić information content (AvgIpc) is 2.89. The van der Waals surface area contributed by atoms with Gasteiger partial charge in [0.1, 0.15) is 5.54 Å². The van der Waals surface area contributed by atoms with E-state index in [0.29, 0.717) is 5.92 Å². The first-order chi connectivity index (χ1) is 9.74. The number of nitrogens with one attached hydrogen (secondary N) is 1. The summed E-state index contributed by atoms with van der Waals surface area (Å²) < 4.78 is 0. The van der Waals surface area contributed by atoms with Crippen molar-refractivity contribution in [2.24, 2.45) is 5.92 Å². The molecule has 2 aliphatic rings. The van der Waals surface area contributed by atoms with Crippen LogP contribution in [0.3, 0.4) is 0 Å². The van der Waals surface area contributed by atoms with E-state index in [1.807, 2.05) is 0 Å². The van der Waals surface area contributed by atoms with Crippen LogP contribution in [0.1, 0.15) is 39.5 Å². The van der Waals surface area contributed by atoms with Gasteiger partial charge in [0.25, 0.3) is 0 Å². The highest BCUT2D eigenvalue weighted by Crippen LogP contribution is 2.37. The van der Waals surface area contributed by atoms with Gasteiger partial charge < -0.3 is 9.80 Å². The molecule has 2 atom stereocenters. The van der Waals surface area contributed by atoms with Gasteiger partial charge in [0.2, 0.25) is 0 Å². The highest BCUT2D eigenvalue weighted by atomic mass is 15.3. The molecule has 1 saturated heterocycles. The third kappa shape index (κ3) is 3.52. The Labute approximate surface area is 124 Å². The second kappa shape index (κ2) is 7.40. The minimum absolute atomic E-state index is 0.236. The van der Waals surface area contributed by atoms with Gasteiger partial charge in [-0.2, -0.15) is 5.26 Å². The lowest BCUT2D eigenvalue weighted by atomic mass is 9.85. The third-order valence-corrected chi connectivity index (χ3v) is 5.22.